The van der Waals surface area contributed by atoms with Gasteiger partial charge in [-0.25, -0.2) is 0 Å². The third-order valence-corrected chi connectivity index (χ3v) is 4.12. The van der Waals surface area contributed by atoms with Crippen molar-refractivity contribution < 1.29 is 9.72 Å². The van der Waals surface area contributed by atoms with Gasteiger partial charge in [0.1, 0.15) is 0 Å². The van der Waals surface area contributed by atoms with Crippen molar-refractivity contribution in [2.24, 2.45) is 11.7 Å². The maximum absolute atomic E-state index is 12.0. The number of nitro groups is 1. The second kappa shape index (κ2) is 6.67. The number of carbonyl (C=O) groups is 1. The van der Waals surface area contributed by atoms with Gasteiger partial charge in [-0.3, -0.25) is 14.9 Å². The van der Waals surface area contributed by atoms with Crippen molar-refractivity contribution in [3.05, 3.63) is 39.9 Å². The largest absolute Gasteiger partial charge is 0.350 e. The first kappa shape index (κ1) is 15.4. The van der Waals surface area contributed by atoms with E-state index in [0.29, 0.717) is 6.42 Å². The monoisotopic (exact) mass is 291 g/mol. The molecule has 1 aromatic carbocycles. The Bertz CT molecular complexity index is 533. The van der Waals surface area contributed by atoms with Gasteiger partial charge >= 0.3 is 0 Å². The number of hydrogen-bond donors (Lipinski definition) is 2. The quantitative estimate of drug-likeness (QED) is 0.642. The van der Waals surface area contributed by atoms with E-state index in [1.165, 1.54) is 12.1 Å². The summed E-state index contributed by atoms with van der Waals surface area (Å²) in [6.45, 7) is 1.82. The van der Waals surface area contributed by atoms with Gasteiger partial charge in [-0.2, -0.15) is 0 Å². The number of rotatable bonds is 5. The van der Waals surface area contributed by atoms with Crippen LogP contribution in [0.5, 0.6) is 0 Å². The fourth-order valence-electron chi connectivity index (χ4n) is 2.85. The van der Waals surface area contributed by atoms with Crippen LogP contribution in [0.3, 0.4) is 0 Å². The van der Waals surface area contributed by atoms with Gasteiger partial charge in [0, 0.05) is 24.6 Å². The number of nitrogens with zero attached hydrogens (tertiary/aromatic N) is 1. The Morgan fingerprint density at radius 2 is 2.29 bits per heavy atom. The number of benzene rings is 1. The van der Waals surface area contributed by atoms with Crippen molar-refractivity contribution in [3.63, 3.8) is 0 Å². The highest BCUT2D eigenvalue weighted by atomic mass is 16.6. The summed E-state index contributed by atoms with van der Waals surface area (Å²) in [4.78, 5) is 22.4. The summed E-state index contributed by atoms with van der Waals surface area (Å²) in [5, 5.41) is 13.7. The minimum absolute atomic E-state index is 0.0337. The smallest absolute Gasteiger partial charge is 0.269 e. The number of carbonyl (C=O) groups excluding carboxylic acids is 1. The van der Waals surface area contributed by atoms with Gasteiger partial charge in [0.05, 0.1) is 11.0 Å². The van der Waals surface area contributed by atoms with E-state index in [4.69, 9.17) is 5.73 Å². The predicted molar refractivity (Wildman–Crippen MR) is 79.6 cm³/mol. The predicted octanol–water partition coefficient (Wildman–Crippen LogP) is 2.29. The van der Waals surface area contributed by atoms with E-state index in [0.717, 1.165) is 24.8 Å². The Balaban J connectivity index is 1.94. The third kappa shape index (κ3) is 4.01. The molecule has 0 spiro atoms. The summed E-state index contributed by atoms with van der Waals surface area (Å²) < 4.78 is 0. The molecule has 1 aliphatic carbocycles. The summed E-state index contributed by atoms with van der Waals surface area (Å²) in [5.74, 6) is 0.207. The Labute approximate surface area is 123 Å². The molecule has 0 bridgehead atoms. The van der Waals surface area contributed by atoms with E-state index in [2.05, 4.69) is 5.32 Å². The first-order valence-electron chi connectivity index (χ1n) is 7.26. The molecule has 6 nitrogen and oxygen atoms in total. The van der Waals surface area contributed by atoms with Crippen molar-refractivity contribution >= 4 is 11.6 Å². The SMILES string of the molecule is CC(NC(=O)C[C@@H]1CCC[C@H]1N)c1cccc([N+](=O)[O-])c1. The average molecular weight is 291 g/mol. The zero-order valence-electron chi connectivity index (χ0n) is 12.1. The van der Waals surface area contributed by atoms with Crippen LogP contribution in [0.2, 0.25) is 0 Å². The second-order valence-electron chi connectivity index (χ2n) is 5.70. The van der Waals surface area contributed by atoms with Gasteiger partial charge in [0.2, 0.25) is 5.91 Å². The topological polar surface area (TPSA) is 98.3 Å². The minimum atomic E-state index is -0.435. The average Bonchev–Trinajstić information content (AvgIpc) is 2.84. The van der Waals surface area contributed by atoms with E-state index in [1.54, 1.807) is 12.1 Å². The molecule has 1 aromatic rings. The molecule has 1 amide bonds. The molecule has 2 rings (SSSR count). The third-order valence-electron chi connectivity index (χ3n) is 4.12. The van der Waals surface area contributed by atoms with E-state index in [9.17, 15) is 14.9 Å². The number of non-ortho nitro benzene ring substituents is 1. The second-order valence-corrected chi connectivity index (χ2v) is 5.70. The van der Waals surface area contributed by atoms with Crippen LogP contribution in [0.15, 0.2) is 24.3 Å². The fourth-order valence-corrected chi connectivity index (χ4v) is 2.85. The van der Waals surface area contributed by atoms with Crippen LogP contribution >= 0.6 is 0 Å². The zero-order chi connectivity index (χ0) is 15.4. The molecule has 6 heteroatoms. The molecule has 0 aromatic heterocycles. The lowest BCUT2D eigenvalue weighted by atomic mass is 9.99. The van der Waals surface area contributed by atoms with Gasteiger partial charge in [-0.15, -0.1) is 0 Å². The molecular weight excluding hydrogens is 270 g/mol. The summed E-state index contributed by atoms with van der Waals surface area (Å²) in [7, 11) is 0. The van der Waals surface area contributed by atoms with Crippen molar-refractivity contribution in [3.8, 4) is 0 Å². The van der Waals surface area contributed by atoms with Crippen LogP contribution in [0.4, 0.5) is 5.69 Å². The zero-order valence-corrected chi connectivity index (χ0v) is 12.1. The number of amides is 1. The molecule has 0 aliphatic heterocycles. The standard InChI is InChI=1S/C15H21N3O3/c1-10(11-4-2-6-13(8-11)18(20)21)17-15(19)9-12-5-3-7-14(12)16/h2,4,6,8,10,12,14H,3,5,7,9,16H2,1H3,(H,17,19)/t10?,12-,14+/m0/s1. The van der Waals surface area contributed by atoms with Crippen LogP contribution in [-0.2, 0) is 4.79 Å². The molecule has 1 aliphatic rings. The van der Waals surface area contributed by atoms with Crippen molar-refractivity contribution in [2.75, 3.05) is 0 Å². The number of hydrogen-bond acceptors (Lipinski definition) is 4. The van der Waals surface area contributed by atoms with Crippen LogP contribution in [0.1, 0.15) is 44.2 Å². The molecule has 1 saturated carbocycles. The molecule has 1 fully saturated rings. The minimum Gasteiger partial charge on any atom is -0.350 e. The Kier molecular flexibility index (Phi) is 4.90. The Hall–Kier alpha value is -1.95. The lowest BCUT2D eigenvalue weighted by molar-refractivity contribution is -0.384. The lowest BCUT2D eigenvalue weighted by Crippen LogP contribution is -2.32. The maximum atomic E-state index is 12.0. The van der Waals surface area contributed by atoms with Gasteiger partial charge in [-0.05, 0) is 31.2 Å². The fraction of sp³-hybridized carbons (Fsp3) is 0.533. The highest BCUT2D eigenvalue weighted by Crippen LogP contribution is 2.27. The normalized spacial score (nSPS) is 22.8. The number of nitrogens with one attached hydrogen (secondary N) is 1. The van der Waals surface area contributed by atoms with Gasteiger partial charge in [0.25, 0.3) is 5.69 Å². The van der Waals surface area contributed by atoms with Crippen LogP contribution in [0, 0.1) is 16.0 Å². The highest BCUT2D eigenvalue weighted by molar-refractivity contribution is 5.76. The molecule has 0 saturated heterocycles. The highest BCUT2D eigenvalue weighted by Gasteiger charge is 2.26. The first-order chi connectivity index (χ1) is 9.97. The van der Waals surface area contributed by atoms with Crippen LogP contribution in [0.25, 0.3) is 0 Å². The Morgan fingerprint density at radius 1 is 1.52 bits per heavy atom. The van der Waals surface area contributed by atoms with Crippen LogP contribution < -0.4 is 11.1 Å². The van der Waals surface area contributed by atoms with E-state index >= 15 is 0 Å². The van der Waals surface area contributed by atoms with Gasteiger partial charge < -0.3 is 11.1 Å². The molecule has 3 atom stereocenters. The summed E-state index contributed by atoms with van der Waals surface area (Å²) in [6.07, 6.45) is 3.50. The summed E-state index contributed by atoms with van der Waals surface area (Å²) in [6, 6.07) is 6.20. The molecule has 0 heterocycles. The van der Waals surface area contributed by atoms with E-state index in [1.807, 2.05) is 6.92 Å². The summed E-state index contributed by atoms with van der Waals surface area (Å²) in [5.41, 5.74) is 6.73. The molecule has 0 radical (unpaired) electrons. The van der Waals surface area contributed by atoms with Crippen molar-refractivity contribution in [2.45, 2.75) is 44.7 Å². The van der Waals surface area contributed by atoms with Crippen LogP contribution in [-0.4, -0.2) is 16.9 Å². The van der Waals surface area contributed by atoms with E-state index in [-0.39, 0.29) is 29.6 Å². The van der Waals surface area contributed by atoms with E-state index < -0.39 is 4.92 Å². The van der Waals surface area contributed by atoms with Gasteiger partial charge in [0.15, 0.2) is 0 Å². The Morgan fingerprint density at radius 3 is 2.90 bits per heavy atom. The first-order valence-corrected chi connectivity index (χ1v) is 7.26. The molecule has 3 N–H and O–H groups in total. The van der Waals surface area contributed by atoms with Crippen molar-refractivity contribution in [1.82, 2.24) is 5.32 Å². The molecule has 114 valence electrons. The van der Waals surface area contributed by atoms with Crippen molar-refractivity contribution in [1.29, 1.82) is 0 Å². The number of nitrogens with two attached hydrogens (primary N) is 1. The molecule has 1 unspecified atom stereocenters. The lowest BCUT2D eigenvalue weighted by Gasteiger charge is -2.18. The van der Waals surface area contributed by atoms with Gasteiger partial charge in [-0.1, -0.05) is 18.6 Å². The molecular formula is C15H21N3O3. The summed E-state index contributed by atoms with van der Waals surface area (Å²) >= 11 is 0. The maximum Gasteiger partial charge on any atom is 0.269 e. The molecule has 21 heavy (non-hydrogen) atoms. The number of nitro benzene ring substituents is 1.